The molecule has 2 aliphatic rings. The van der Waals surface area contributed by atoms with Crippen LogP contribution in [0, 0.1) is 5.92 Å². The summed E-state index contributed by atoms with van der Waals surface area (Å²) in [5.41, 5.74) is 1.56. The van der Waals surface area contributed by atoms with Gasteiger partial charge >= 0.3 is 0 Å². The molecule has 1 atom stereocenters. The monoisotopic (exact) mass is 222 g/mol. The molecule has 0 saturated carbocycles. The number of rotatable bonds is 4. The van der Waals surface area contributed by atoms with Gasteiger partial charge in [-0.05, 0) is 64.6 Å². The molecule has 0 aromatic heterocycles. The summed E-state index contributed by atoms with van der Waals surface area (Å²) in [4.78, 5) is 2.62. The van der Waals surface area contributed by atoms with Crippen LogP contribution in [-0.2, 0) is 0 Å². The van der Waals surface area contributed by atoms with Crippen LogP contribution in [0.5, 0.6) is 0 Å². The summed E-state index contributed by atoms with van der Waals surface area (Å²) in [7, 11) is 0. The summed E-state index contributed by atoms with van der Waals surface area (Å²) in [6.45, 7) is 8.56. The molecule has 16 heavy (non-hydrogen) atoms. The summed E-state index contributed by atoms with van der Waals surface area (Å²) < 4.78 is 0. The van der Waals surface area contributed by atoms with Gasteiger partial charge in [0.15, 0.2) is 0 Å². The lowest BCUT2D eigenvalue weighted by Crippen LogP contribution is -2.32. The van der Waals surface area contributed by atoms with Crippen molar-refractivity contribution in [3.63, 3.8) is 0 Å². The third-order valence-corrected chi connectivity index (χ3v) is 3.90. The first-order chi connectivity index (χ1) is 7.84. The second-order valence-corrected chi connectivity index (χ2v) is 5.47. The quantitative estimate of drug-likeness (QED) is 0.735. The number of hydrogen-bond acceptors (Lipinski definition) is 2. The predicted molar refractivity (Wildman–Crippen MR) is 69.6 cm³/mol. The molecule has 0 aliphatic carbocycles. The van der Waals surface area contributed by atoms with Crippen LogP contribution in [0.15, 0.2) is 11.6 Å². The Morgan fingerprint density at radius 2 is 2.44 bits per heavy atom. The highest BCUT2D eigenvalue weighted by molar-refractivity contribution is 5.04. The zero-order valence-electron chi connectivity index (χ0n) is 10.7. The van der Waals surface area contributed by atoms with Crippen LogP contribution in [0.3, 0.4) is 0 Å². The lowest BCUT2D eigenvalue weighted by atomic mass is 9.94. The predicted octanol–water partition coefficient (Wildman–Crippen LogP) is 2.42. The molecule has 1 saturated heterocycles. The van der Waals surface area contributed by atoms with Crippen LogP contribution < -0.4 is 5.32 Å². The Labute approximate surface area is 100 Å². The van der Waals surface area contributed by atoms with Gasteiger partial charge in [-0.2, -0.15) is 0 Å². The van der Waals surface area contributed by atoms with Crippen molar-refractivity contribution in [1.29, 1.82) is 0 Å². The van der Waals surface area contributed by atoms with E-state index in [0.29, 0.717) is 0 Å². The summed E-state index contributed by atoms with van der Waals surface area (Å²) in [5, 5.41) is 3.51. The molecule has 0 amide bonds. The largest absolute Gasteiger partial charge is 0.316 e. The topological polar surface area (TPSA) is 15.3 Å². The molecule has 2 heterocycles. The standard InChI is InChI=1S/C14H26N2/c1-13-5-3-9-16(12-13)10-4-7-14-6-2-8-15-11-14/h5,14-15H,2-4,6-12H2,1H3. The van der Waals surface area contributed by atoms with E-state index in [1.807, 2.05) is 0 Å². The van der Waals surface area contributed by atoms with E-state index in [1.165, 1.54) is 64.8 Å². The average molecular weight is 222 g/mol. The lowest BCUT2D eigenvalue weighted by Gasteiger charge is -2.27. The summed E-state index contributed by atoms with van der Waals surface area (Å²) >= 11 is 0. The van der Waals surface area contributed by atoms with Gasteiger partial charge in [0, 0.05) is 13.1 Å². The summed E-state index contributed by atoms with van der Waals surface area (Å²) in [5.74, 6) is 0.954. The Balaban J connectivity index is 1.58. The molecule has 1 unspecified atom stereocenters. The number of nitrogens with zero attached hydrogens (tertiary/aromatic N) is 1. The molecule has 1 fully saturated rings. The van der Waals surface area contributed by atoms with Gasteiger partial charge in [0.2, 0.25) is 0 Å². The normalized spacial score (nSPS) is 27.8. The second kappa shape index (κ2) is 6.41. The van der Waals surface area contributed by atoms with E-state index < -0.39 is 0 Å². The maximum Gasteiger partial charge on any atom is 0.0190 e. The zero-order chi connectivity index (χ0) is 11.2. The number of nitrogens with one attached hydrogen (secondary N) is 1. The van der Waals surface area contributed by atoms with E-state index >= 15 is 0 Å². The Hall–Kier alpha value is -0.340. The highest BCUT2D eigenvalue weighted by atomic mass is 15.1. The van der Waals surface area contributed by atoms with Gasteiger partial charge in [-0.3, -0.25) is 4.90 Å². The molecule has 1 N–H and O–H groups in total. The molecular weight excluding hydrogens is 196 g/mol. The van der Waals surface area contributed by atoms with Crippen molar-refractivity contribution in [1.82, 2.24) is 10.2 Å². The van der Waals surface area contributed by atoms with E-state index in [1.54, 1.807) is 5.57 Å². The molecule has 0 radical (unpaired) electrons. The molecule has 0 spiro atoms. The third kappa shape index (κ3) is 3.91. The fourth-order valence-electron chi connectivity index (χ4n) is 2.95. The minimum Gasteiger partial charge on any atom is -0.316 e. The van der Waals surface area contributed by atoms with Crippen molar-refractivity contribution in [2.75, 3.05) is 32.7 Å². The van der Waals surface area contributed by atoms with E-state index in [4.69, 9.17) is 0 Å². The fourth-order valence-corrected chi connectivity index (χ4v) is 2.95. The maximum absolute atomic E-state index is 3.51. The summed E-state index contributed by atoms with van der Waals surface area (Å²) in [6.07, 6.45) is 9.30. The van der Waals surface area contributed by atoms with Crippen molar-refractivity contribution in [2.24, 2.45) is 5.92 Å². The van der Waals surface area contributed by atoms with E-state index in [-0.39, 0.29) is 0 Å². The molecule has 2 nitrogen and oxygen atoms in total. The maximum atomic E-state index is 3.51. The van der Waals surface area contributed by atoms with Crippen LogP contribution >= 0.6 is 0 Å². The van der Waals surface area contributed by atoms with Crippen molar-refractivity contribution in [2.45, 2.75) is 39.0 Å². The zero-order valence-corrected chi connectivity index (χ0v) is 10.7. The number of hydrogen-bond donors (Lipinski definition) is 1. The molecule has 0 aromatic rings. The SMILES string of the molecule is CC1=CCCN(CCCC2CCCNC2)C1. The van der Waals surface area contributed by atoms with E-state index in [2.05, 4.69) is 23.2 Å². The van der Waals surface area contributed by atoms with Gasteiger partial charge in [-0.1, -0.05) is 11.6 Å². The van der Waals surface area contributed by atoms with Gasteiger partial charge in [0.25, 0.3) is 0 Å². The van der Waals surface area contributed by atoms with Crippen molar-refractivity contribution < 1.29 is 0 Å². The van der Waals surface area contributed by atoms with E-state index in [9.17, 15) is 0 Å². The highest BCUT2D eigenvalue weighted by Gasteiger charge is 2.14. The van der Waals surface area contributed by atoms with Crippen molar-refractivity contribution in [3.8, 4) is 0 Å². The van der Waals surface area contributed by atoms with Gasteiger partial charge in [0.1, 0.15) is 0 Å². The average Bonchev–Trinajstić information content (AvgIpc) is 2.30. The first-order valence-electron chi connectivity index (χ1n) is 6.93. The summed E-state index contributed by atoms with van der Waals surface area (Å²) in [6, 6.07) is 0. The van der Waals surface area contributed by atoms with Crippen LogP contribution in [0.2, 0.25) is 0 Å². The first kappa shape index (κ1) is 12.1. The van der Waals surface area contributed by atoms with Gasteiger partial charge < -0.3 is 5.32 Å². The van der Waals surface area contributed by atoms with Gasteiger partial charge in [0.05, 0.1) is 0 Å². The van der Waals surface area contributed by atoms with Crippen LogP contribution in [0.1, 0.15) is 39.0 Å². The third-order valence-electron chi connectivity index (χ3n) is 3.90. The Kier molecular flexibility index (Phi) is 4.86. The fraction of sp³-hybridized carbons (Fsp3) is 0.857. The Bertz CT molecular complexity index is 229. The smallest absolute Gasteiger partial charge is 0.0190 e. The van der Waals surface area contributed by atoms with Crippen LogP contribution in [-0.4, -0.2) is 37.6 Å². The van der Waals surface area contributed by atoms with Crippen LogP contribution in [0.4, 0.5) is 0 Å². The lowest BCUT2D eigenvalue weighted by molar-refractivity contribution is 0.264. The Morgan fingerprint density at radius 1 is 1.50 bits per heavy atom. The number of piperidine rings is 1. The second-order valence-electron chi connectivity index (χ2n) is 5.47. The minimum absolute atomic E-state index is 0.954. The van der Waals surface area contributed by atoms with Crippen molar-refractivity contribution in [3.05, 3.63) is 11.6 Å². The Morgan fingerprint density at radius 3 is 3.19 bits per heavy atom. The van der Waals surface area contributed by atoms with Crippen molar-refractivity contribution >= 4 is 0 Å². The molecule has 2 aliphatic heterocycles. The molecule has 92 valence electrons. The molecular formula is C14H26N2. The molecule has 2 rings (SSSR count). The highest BCUT2D eigenvalue weighted by Crippen LogP contribution is 2.17. The molecule has 0 bridgehead atoms. The first-order valence-corrected chi connectivity index (χ1v) is 6.93. The minimum atomic E-state index is 0.954. The molecule has 0 aromatic carbocycles. The van der Waals surface area contributed by atoms with Gasteiger partial charge in [-0.15, -0.1) is 0 Å². The van der Waals surface area contributed by atoms with Crippen LogP contribution in [0.25, 0.3) is 0 Å². The van der Waals surface area contributed by atoms with Gasteiger partial charge in [-0.25, -0.2) is 0 Å². The van der Waals surface area contributed by atoms with E-state index in [0.717, 1.165) is 5.92 Å². The molecule has 2 heteroatoms.